The average molecular weight is 497 g/mol. The number of carbonyl (C=O) groups excluding carboxylic acids is 2. The minimum absolute atomic E-state index is 0.0467. The number of pyridine rings is 1. The standard InChI is InChI=1S/C31H36N4O2/c1-29(2,3)25-27(36)35(31(34-25)14-6-4-5-7-15-31)17-9-10-21-12-13-22-19-30(20-23(22)18-21)24-11-8-16-32-26(24)33-28(30)37/h8-13,16,18H,4-7,14-15,17,19-20H2,1-3H3,(H,32,33,37)/b10-9+. The summed E-state index contributed by atoms with van der Waals surface area (Å²) in [6.07, 6.45) is 13.9. The number of benzene rings is 1. The fourth-order valence-corrected chi connectivity index (χ4v) is 6.74. The summed E-state index contributed by atoms with van der Waals surface area (Å²) in [7, 11) is 0. The summed E-state index contributed by atoms with van der Waals surface area (Å²) in [6.45, 7) is 6.82. The third-order valence-corrected chi connectivity index (χ3v) is 8.69. The minimum atomic E-state index is -0.553. The summed E-state index contributed by atoms with van der Waals surface area (Å²) in [4.78, 5) is 38.1. The van der Waals surface area contributed by atoms with Gasteiger partial charge in [-0.25, -0.2) is 4.98 Å². The van der Waals surface area contributed by atoms with Crippen LogP contribution in [0.1, 0.15) is 81.5 Å². The Morgan fingerprint density at radius 3 is 2.54 bits per heavy atom. The van der Waals surface area contributed by atoms with E-state index in [4.69, 9.17) is 4.99 Å². The molecular weight excluding hydrogens is 460 g/mol. The van der Waals surface area contributed by atoms with Gasteiger partial charge < -0.3 is 10.2 Å². The fourth-order valence-electron chi connectivity index (χ4n) is 6.74. The molecule has 4 aliphatic rings. The van der Waals surface area contributed by atoms with E-state index in [-0.39, 0.29) is 22.9 Å². The maximum atomic E-state index is 13.5. The van der Waals surface area contributed by atoms with Crippen LogP contribution in [0.5, 0.6) is 0 Å². The van der Waals surface area contributed by atoms with Crippen LogP contribution in [-0.4, -0.2) is 39.6 Å². The lowest BCUT2D eigenvalue weighted by atomic mass is 9.79. The van der Waals surface area contributed by atoms with E-state index in [0.717, 1.165) is 42.5 Å². The predicted octanol–water partition coefficient (Wildman–Crippen LogP) is 5.46. The Bertz CT molecular complexity index is 1330. The number of nitrogens with zero attached hydrogens (tertiary/aromatic N) is 3. The van der Waals surface area contributed by atoms with Gasteiger partial charge in [0.2, 0.25) is 5.91 Å². The van der Waals surface area contributed by atoms with Gasteiger partial charge in [0.1, 0.15) is 17.2 Å². The Balaban J connectivity index is 1.22. The monoisotopic (exact) mass is 496 g/mol. The first-order chi connectivity index (χ1) is 17.7. The highest BCUT2D eigenvalue weighted by molar-refractivity contribution is 6.42. The van der Waals surface area contributed by atoms with Crippen molar-refractivity contribution in [2.24, 2.45) is 10.4 Å². The average Bonchev–Trinajstić information content (AvgIpc) is 3.38. The van der Waals surface area contributed by atoms with Gasteiger partial charge in [0, 0.05) is 23.7 Å². The summed E-state index contributed by atoms with van der Waals surface area (Å²) in [6, 6.07) is 10.4. The predicted molar refractivity (Wildman–Crippen MR) is 146 cm³/mol. The molecule has 1 atom stereocenters. The molecule has 1 fully saturated rings. The quantitative estimate of drug-likeness (QED) is 0.613. The smallest absolute Gasteiger partial charge is 0.270 e. The zero-order valence-electron chi connectivity index (χ0n) is 22.1. The molecule has 2 amide bonds. The SMILES string of the molecule is CC(C)(C)C1=NC2(CCCCCC2)N(C/C=C/c2ccc3c(c2)CC2(C3)C(=O)Nc3ncccc32)C1=O. The molecule has 3 heterocycles. The molecule has 2 aromatic rings. The first-order valence-corrected chi connectivity index (χ1v) is 13.7. The molecule has 2 spiro atoms. The van der Waals surface area contributed by atoms with Gasteiger partial charge in [-0.3, -0.25) is 14.6 Å². The molecule has 6 heteroatoms. The molecule has 0 radical (unpaired) electrons. The number of rotatable bonds is 3. The van der Waals surface area contributed by atoms with Crippen LogP contribution in [0.3, 0.4) is 0 Å². The van der Waals surface area contributed by atoms with Crippen molar-refractivity contribution in [3.63, 3.8) is 0 Å². The third kappa shape index (κ3) is 3.92. The summed E-state index contributed by atoms with van der Waals surface area (Å²) < 4.78 is 0. The topological polar surface area (TPSA) is 74.7 Å². The van der Waals surface area contributed by atoms with Gasteiger partial charge in [0.05, 0.1) is 5.41 Å². The Morgan fingerprint density at radius 1 is 1.03 bits per heavy atom. The molecule has 1 aromatic heterocycles. The summed E-state index contributed by atoms with van der Waals surface area (Å²) >= 11 is 0. The molecule has 2 aliphatic heterocycles. The maximum Gasteiger partial charge on any atom is 0.270 e. The lowest BCUT2D eigenvalue weighted by molar-refractivity contribution is -0.127. The Labute approximate surface area is 219 Å². The molecule has 1 aromatic carbocycles. The number of amides is 2. The highest BCUT2D eigenvalue weighted by Crippen LogP contribution is 2.47. The number of carbonyl (C=O) groups is 2. The Hall–Kier alpha value is -3.28. The van der Waals surface area contributed by atoms with Crippen LogP contribution >= 0.6 is 0 Å². The van der Waals surface area contributed by atoms with Crippen LogP contribution in [0.25, 0.3) is 6.08 Å². The van der Waals surface area contributed by atoms with Crippen molar-refractivity contribution < 1.29 is 9.59 Å². The van der Waals surface area contributed by atoms with Gasteiger partial charge in [-0.05, 0) is 61.3 Å². The molecule has 1 N–H and O–H groups in total. The number of hydrogen-bond acceptors (Lipinski definition) is 4. The number of fused-ring (bicyclic) bond motifs is 3. The zero-order chi connectivity index (χ0) is 25.8. The van der Waals surface area contributed by atoms with E-state index in [2.05, 4.69) is 61.4 Å². The number of aromatic nitrogens is 1. The highest BCUT2D eigenvalue weighted by atomic mass is 16.2. The van der Waals surface area contributed by atoms with E-state index in [1.807, 2.05) is 17.0 Å². The molecule has 2 aliphatic carbocycles. The van der Waals surface area contributed by atoms with Gasteiger partial charge in [0.15, 0.2) is 0 Å². The first kappa shape index (κ1) is 24.1. The minimum Gasteiger partial charge on any atom is -0.310 e. The maximum absolute atomic E-state index is 13.5. The number of anilines is 1. The normalized spacial score (nSPS) is 24.5. The number of nitrogens with one attached hydrogen (secondary N) is 1. The van der Waals surface area contributed by atoms with Crippen LogP contribution in [-0.2, 0) is 27.8 Å². The molecule has 0 saturated heterocycles. The van der Waals surface area contributed by atoms with E-state index in [9.17, 15) is 9.59 Å². The Kier molecular flexibility index (Phi) is 5.62. The van der Waals surface area contributed by atoms with E-state index >= 15 is 0 Å². The third-order valence-electron chi connectivity index (χ3n) is 8.69. The van der Waals surface area contributed by atoms with Crippen molar-refractivity contribution in [2.45, 2.75) is 83.2 Å². The summed E-state index contributed by atoms with van der Waals surface area (Å²) in [5, 5.41) is 2.98. The van der Waals surface area contributed by atoms with Crippen LogP contribution in [0, 0.1) is 5.41 Å². The van der Waals surface area contributed by atoms with Gasteiger partial charge in [-0.2, -0.15) is 0 Å². The Morgan fingerprint density at radius 2 is 1.78 bits per heavy atom. The van der Waals surface area contributed by atoms with E-state index in [0.29, 0.717) is 25.2 Å². The van der Waals surface area contributed by atoms with Crippen molar-refractivity contribution in [3.8, 4) is 0 Å². The molecular formula is C31H36N4O2. The van der Waals surface area contributed by atoms with Crippen LogP contribution in [0.4, 0.5) is 5.82 Å². The van der Waals surface area contributed by atoms with Crippen molar-refractivity contribution in [2.75, 3.05) is 11.9 Å². The summed E-state index contributed by atoms with van der Waals surface area (Å²) in [5.41, 5.74) is 4.05. The van der Waals surface area contributed by atoms with Crippen molar-refractivity contribution in [1.82, 2.24) is 9.88 Å². The lowest BCUT2D eigenvalue weighted by Gasteiger charge is -2.35. The number of aliphatic imine (C=N–C) groups is 1. The van der Waals surface area contributed by atoms with Crippen molar-refractivity contribution in [1.29, 1.82) is 0 Å². The van der Waals surface area contributed by atoms with E-state index < -0.39 is 5.41 Å². The second kappa shape index (κ2) is 8.64. The molecule has 192 valence electrons. The molecule has 0 bridgehead atoms. The number of hydrogen-bond donors (Lipinski definition) is 1. The molecule has 6 rings (SSSR count). The molecule has 6 nitrogen and oxygen atoms in total. The summed E-state index contributed by atoms with van der Waals surface area (Å²) in [5.74, 6) is 0.833. The van der Waals surface area contributed by atoms with E-state index in [1.165, 1.54) is 24.0 Å². The van der Waals surface area contributed by atoms with Crippen LogP contribution < -0.4 is 5.32 Å². The van der Waals surface area contributed by atoms with Crippen LogP contribution in [0.15, 0.2) is 47.6 Å². The second-order valence-corrected chi connectivity index (χ2v) is 12.2. The van der Waals surface area contributed by atoms with Crippen LogP contribution in [0.2, 0.25) is 0 Å². The van der Waals surface area contributed by atoms with Gasteiger partial charge in [-0.1, -0.05) is 70.0 Å². The zero-order valence-corrected chi connectivity index (χ0v) is 22.1. The van der Waals surface area contributed by atoms with Gasteiger partial charge >= 0.3 is 0 Å². The largest absolute Gasteiger partial charge is 0.310 e. The van der Waals surface area contributed by atoms with Gasteiger partial charge in [0.25, 0.3) is 5.91 Å². The molecule has 1 saturated carbocycles. The lowest BCUT2D eigenvalue weighted by Crippen LogP contribution is -2.47. The second-order valence-electron chi connectivity index (χ2n) is 12.2. The first-order valence-electron chi connectivity index (χ1n) is 13.7. The van der Waals surface area contributed by atoms with E-state index in [1.54, 1.807) is 6.20 Å². The van der Waals surface area contributed by atoms with Crippen molar-refractivity contribution in [3.05, 3.63) is 64.9 Å². The van der Waals surface area contributed by atoms with Gasteiger partial charge in [-0.15, -0.1) is 0 Å². The fraction of sp³-hybridized carbons (Fsp3) is 0.484. The highest BCUT2D eigenvalue weighted by Gasteiger charge is 2.51. The molecule has 37 heavy (non-hydrogen) atoms. The van der Waals surface area contributed by atoms with Crippen molar-refractivity contribution >= 4 is 29.4 Å². The molecule has 1 unspecified atom stereocenters.